The standard InChI is InChI=1S/C14H15NO6/c16-10-4-1-9(2-5-10)3-7-12(17)15-11(14(20)21)6-8-13(18)19/h1-5,7,11,16H,6,8H2,(H,15,17)(H,18,19)(H,20,21)/t11-/m1/s1. The Morgan fingerprint density at radius 3 is 2.29 bits per heavy atom. The van der Waals surface area contributed by atoms with Gasteiger partial charge >= 0.3 is 11.9 Å². The van der Waals surface area contributed by atoms with E-state index in [9.17, 15) is 14.4 Å². The minimum absolute atomic E-state index is 0.0937. The summed E-state index contributed by atoms with van der Waals surface area (Å²) < 4.78 is 0. The van der Waals surface area contributed by atoms with E-state index in [1.165, 1.54) is 18.2 Å². The molecule has 7 nitrogen and oxygen atoms in total. The average Bonchev–Trinajstić information content (AvgIpc) is 2.42. The summed E-state index contributed by atoms with van der Waals surface area (Å²) >= 11 is 0. The van der Waals surface area contributed by atoms with E-state index in [0.717, 1.165) is 6.08 Å². The van der Waals surface area contributed by atoms with Gasteiger partial charge in [0.2, 0.25) is 5.91 Å². The maximum Gasteiger partial charge on any atom is 0.326 e. The lowest BCUT2D eigenvalue weighted by molar-refractivity contribution is -0.142. The van der Waals surface area contributed by atoms with Crippen LogP contribution >= 0.6 is 0 Å². The maximum absolute atomic E-state index is 11.6. The van der Waals surface area contributed by atoms with Crippen molar-refractivity contribution in [3.05, 3.63) is 35.9 Å². The van der Waals surface area contributed by atoms with E-state index in [2.05, 4.69) is 5.32 Å². The lowest BCUT2D eigenvalue weighted by Gasteiger charge is -2.11. The van der Waals surface area contributed by atoms with Gasteiger partial charge in [0.05, 0.1) is 0 Å². The lowest BCUT2D eigenvalue weighted by atomic mass is 10.1. The molecule has 0 unspecified atom stereocenters. The third-order valence-corrected chi connectivity index (χ3v) is 2.58. The van der Waals surface area contributed by atoms with Gasteiger partial charge in [0.1, 0.15) is 11.8 Å². The van der Waals surface area contributed by atoms with Crippen molar-refractivity contribution in [1.82, 2.24) is 5.32 Å². The number of hydrogen-bond acceptors (Lipinski definition) is 4. The molecule has 0 aliphatic rings. The van der Waals surface area contributed by atoms with E-state index in [0.29, 0.717) is 5.56 Å². The van der Waals surface area contributed by atoms with Gasteiger partial charge in [-0.1, -0.05) is 12.1 Å². The molecule has 0 saturated carbocycles. The van der Waals surface area contributed by atoms with Crippen molar-refractivity contribution in [1.29, 1.82) is 0 Å². The molecule has 0 heterocycles. The molecule has 1 atom stereocenters. The van der Waals surface area contributed by atoms with Gasteiger partial charge in [0.15, 0.2) is 0 Å². The van der Waals surface area contributed by atoms with E-state index in [4.69, 9.17) is 15.3 Å². The number of hydrogen-bond donors (Lipinski definition) is 4. The largest absolute Gasteiger partial charge is 0.508 e. The lowest BCUT2D eigenvalue weighted by Crippen LogP contribution is -2.40. The summed E-state index contributed by atoms with van der Waals surface area (Å²) in [5, 5.41) is 28.7. The molecule has 0 spiro atoms. The van der Waals surface area contributed by atoms with Crippen LogP contribution in [0.25, 0.3) is 6.08 Å². The number of phenolic OH excluding ortho intramolecular Hbond substituents is 1. The molecule has 0 bridgehead atoms. The highest BCUT2D eigenvalue weighted by atomic mass is 16.4. The fourth-order valence-electron chi connectivity index (χ4n) is 1.50. The quantitative estimate of drug-likeness (QED) is 0.552. The average molecular weight is 293 g/mol. The van der Waals surface area contributed by atoms with E-state index in [1.807, 2.05) is 0 Å². The van der Waals surface area contributed by atoms with Crippen molar-refractivity contribution >= 4 is 23.9 Å². The molecule has 1 aromatic rings. The maximum atomic E-state index is 11.6. The highest BCUT2D eigenvalue weighted by Crippen LogP contribution is 2.10. The van der Waals surface area contributed by atoms with Gasteiger partial charge < -0.3 is 20.6 Å². The van der Waals surface area contributed by atoms with Gasteiger partial charge in [-0.3, -0.25) is 9.59 Å². The van der Waals surface area contributed by atoms with Crippen molar-refractivity contribution in [3.8, 4) is 5.75 Å². The number of phenols is 1. The summed E-state index contributed by atoms with van der Waals surface area (Å²) in [4.78, 5) is 32.9. The molecule has 4 N–H and O–H groups in total. The molecule has 0 aromatic heterocycles. The second-order valence-electron chi connectivity index (χ2n) is 4.26. The van der Waals surface area contributed by atoms with Crippen molar-refractivity contribution in [3.63, 3.8) is 0 Å². The minimum atomic E-state index is -1.29. The predicted molar refractivity (Wildman–Crippen MR) is 73.6 cm³/mol. The first-order valence-electron chi connectivity index (χ1n) is 6.10. The smallest absolute Gasteiger partial charge is 0.326 e. The fraction of sp³-hybridized carbons (Fsp3) is 0.214. The molecule has 0 radical (unpaired) electrons. The van der Waals surface area contributed by atoms with Crippen molar-refractivity contribution in [2.45, 2.75) is 18.9 Å². The summed E-state index contributed by atoms with van der Waals surface area (Å²) in [6.45, 7) is 0. The zero-order valence-electron chi connectivity index (χ0n) is 11.0. The van der Waals surface area contributed by atoms with Crippen LogP contribution in [0.5, 0.6) is 5.75 Å². The Kier molecular flexibility index (Phi) is 5.94. The number of amides is 1. The molecule has 21 heavy (non-hydrogen) atoms. The zero-order chi connectivity index (χ0) is 15.8. The van der Waals surface area contributed by atoms with Gasteiger partial charge in [-0.2, -0.15) is 0 Å². The zero-order valence-corrected chi connectivity index (χ0v) is 11.0. The molecule has 0 saturated heterocycles. The predicted octanol–water partition coefficient (Wildman–Crippen LogP) is 0.840. The second kappa shape index (κ2) is 7.68. The SMILES string of the molecule is O=C(O)CC[C@@H](NC(=O)C=Cc1ccc(O)cc1)C(=O)O. The number of aliphatic carboxylic acids is 2. The number of nitrogens with one attached hydrogen (secondary N) is 1. The van der Waals surface area contributed by atoms with Crippen LogP contribution < -0.4 is 5.32 Å². The Morgan fingerprint density at radius 2 is 1.76 bits per heavy atom. The Balaban J connectivity index is 2.59. The molecule has 112 valence electrons. The number of carboxylic acid groups (broad SMARTS) is 2. The molecule has 1 amide bonds. The Morgan fingerprint density at radius 1 is 1.14 bits per heavy atom. The number of carbonyl (C=O) groups excluding carboxylic acids is 1. The molecule has 1 aromatic carbocycles. The van der Waals surface area contributed by atoms with Gasteiger partial charge in [-0.25, -0.2) is 4.79 Å². The van der Waals surface area contributed by atoms with Crippen LogP contribution in [0.2, 0.25) is 0 Å². The molecule has 1 rings (SSSR count). The number of aromatic hydroxyl groups is 1. The summed E-state index contributed by atoms with van der Waals surface area (Å²) in [5.41, 5.74) is 0.653. The van der Waals surface area contributed by atoms with Gasteiger partial charge in [-0.15, -0.1) is 0 Å². The Bertz CT molecular complexity index is 549. The van der Waals surface area contributed by atoms with E-state index >= 15 is 0 Å². The summed E-state index contributed by atoms with van der Waals surface area (Å²) in [6, 6.07) is 4.81. The Labute approximate surface area is 120 Å². The van der Waals surface area contributed by atoms with Crippen molar-refractivity contribution in [2.24, 2.45) is 0 Å². The highest BCUT2D eigenvalue weighted by Gasteiger charge is 2.19. The van der Waals surface area contributed by atoms with Crippen molar-refractivity contribution < 1.29 is 29.7 Å². The second-order valence-corrected chi connectivity index (χ2v) is 4.26. The van der Waals surface area contributed by atoms with Crippen LogP contribution in [0.3, 0.4) is 0 Å². The highest BCUT2D eigenvalue weighted by molar-refractivity contribution is 5.94. The van der Waals surface area contributed by atoms with E-state index in [-0.39, 0.29) is 18.6 Å². The first-order valence-corrected chi connectivity index (χ1v) is 6.10. The normalized spacial score (nSPS) is 12.0. The van der Waals surface area contributed by atoms with Gasteiger partial charge in [0.25, 0.3) is 0 Å². The van der Waals surface area contributed by atoms with Crippen LogP contribution in [0.4, 0.5) is 0 Å². The monoisotopic (exact) mass is 293 g/mol. The van der Waals surface area contributed by atoms with E-state index in [1.54, 1.807) is 12.1 Å². The van der Waals surface area contributed by atoms with Crippen molar-refractivity contribution in [2.75, 3.05) is 0 Å². The topological polar surface area (TPSA) is 124 Å². The number of carbonyl (C=O) groups is 3. The number of rotatable bonds is 7. The molecule has 0 aliphatic carbocycles. The molecular weight excluding hydrogens is 278 g/mol. The van der Waals surface area contributed by atoms with Crippen LogP contribution in [-0.2, 0) is 14.4 Å². The first-order chi connectivity index (χ1) is 9.88. The number of carboxylic acids is 2. The summed E-state index contributed by atoms with van der Waals surface area (Å²) in [7, 11) is 0. The van der Waals surface area contributed by atoms with E-state index < -0.39 is 23.9 Å². The summed E-state index contributed by atoms with van der Waals surface area (Å²) in [6.07, 6.45) is 2.05. The van der Waals surface area contributed by atoms with Crippen LogP contribution in [0.1, 0.15) is 18.4 Å². The van der Waals surface area contributed by atoms with Crippen LogP contribution in [0, 0.1) is 0 Å². The molecule has 0 fully saturated rings. The molecule has 0 aliphatic heterocycles. The van der Waals surface area contributed by atoms with Gasteiger partial charge in [0, 0.05) is 12.5 Å². The van der Waals surface area contributed by atoms with Crippen LogP contribution in [0.15, 0.2) is 30.3 Å². The minimum Gasteiger partial charge on any atom is -0.508 e. The fourth-order valence-corrected chi connectivity index (χ4v) is 1.50. The Hall–Kier alpha value is -2.83. The molecular formula is C14H15NO6. The third kappa shape index (κ3) is 6.24. The number of benzene rings is 1. The summed E-state index contributed by atoms with van der Waals surface area (Å²) in [5.74, 6) is -2.96. The first kappa shape index (κ1) is 16.2. The van der Waals surface area contributed by atoms with Gasteiger partial charge in [-0.05, 0) is 30.2 Å². The third-order valence-electron chi connectivity index (χ3n) is 2.58. The molecule has 7 heteroatoms. The van der Waals surface area contributed by atoms with Crippen LogP contribution in [-0.4, -0.2) is 39.2 Å².